The highest BCUT2D eigenvalue weighted by atomic mass is 32.1. The number of guanidine groups is 1. The van der Waals surface area contributed by atoms with Crippen molar-refractivity contribution in [2.24, 2.45) is 4.99 Å². The Labute approximate surface area is 187 Å². The lowest BCUT2D eigenvalue weighted by atomic mass is 10.1. The van der Waals surface area contributed by atoms with Gasteiger partial charge in [-0.05, 0) is 49.4 Å². The summed E-state index contributed by atoms with van der Waals surface area (Å²) in [6.07, 6.45) is 2.27. The lowest BCUT2D eigenvalue weighted by Gasteiger charge is -2.35. The molecule has 2 fully saturated rings. The van der Waals surface area contributed by atoms with Crippen molar-refractivity contribution < 1.29 is 4.74 Å². The summed E-state index contributed by atoms with van der Waals surface area (Å²) in [6, 6.07) is 9.68. The molecule has 1 unspecified atom stereocenters. The smallest absolute Gasteiger partial charge is 0.191 e. The molecule has 0 bridgehead atoms. The number of hydrogen-bond donors (Lipinski definition) is 2. The van der Waals surface area contributed by atoms with E-state index in [0.717, 1.165) is 64.7 Å². The second-order valence-corrected chi connectivity index (χ2v) is 10.2. The molecule has 2 aliphatic rings. The summed E-state index contributed by atoms with van der Waals surface area (Å²) < 4.78 is 5.58. The zero-order valence-corrected chi connectivity index (χ0v) is 19.6. The van der Waals surface area contributed by atoms with Crippen LogP contribution >= 0.6 is 22.7 Å². The van der Waals surface area contributed by atoms with Gasteiger partial charge in [-0.2, -0.15) is 0 Å². The van der Waals surface area contributed by atoms with Gasteiger partial charge in [0.2, 0.25) is 0 Å². The van der Waals surface area contributed by atoms with Gasteiger partial charge in [0, 0.05) is 55.6 Å². The molecule has 164 valence electrons. The van der Waals surface area contributed by atoms with Crippen LogP contribution in [0.5, 0.6) is 0 Å². The van der Waals surface area contributed by atoms with E-state index in [9.17, 15) is 0 Å². The van der Waals surface area contributed by atoms with Crippen LogP contribution in [0.4, 0.5) is 5.00 Å². The SMILES string of the molecule is CN=C(NCC(c1ccc(C)s1)N1CCOCC1)NC1CCN(c2cccs2)CC1. The summed E-state index contributed by atoms with van der Waals surface area (Å²) in [5.74, 6) is 0.913. The standard InChI is InChI=1S/C22H33N5OS2/c1-17-5-6-20(30-17)19(26-11-13-28-14-12-26)16-24-22(23-2)25-18-7-9-27(10-8-18)21-4-3-15-29-21/h3-6,15,18-19H,7-14,16H2,1-2H3,(H2,23,24,25). The number of nitrogens with one attached hydrogen (secondary N) is 2. The van der Waals surface area contributed by atoms with E-state index >= 15 is 0 Å². The molecule has 0 aromatic carbocycles. The van der Waals surface area contributed by atoms with Gasteiger partial charge in [-0.15, -0.1) is 22.7 Å². The van der Waals surface area contributed by atoms with Gasteiger partial charge < -0.3 is 20.3 Å². The fourth-order valence-electron chi connectivity index (χ4n) is 4.21. The summed E-state index contributed by atoms with van der Waals surface area (Å²) in [7, 11) is 1.87. The van der Waals surface area contributed by atoms with Crippen molar-refractivity contribution in [1.82, 2.24) is 15.5 Å². The van der Waals surface area contributed by atoms with E-state index in [-0.39, 0.29) is 0 Å². The fourth-order valence-corrected chi connectivity index (χ4v) is 6.00. The molecule has 8 heteroatoms. The lowest BCUT2D eigenvalue weighted by molar-refractivity contribution is 0.0177. The highest BCUT2D eigenvalue weighted by Gasteiger charge is 2.25. The van der Waals surface area contributed by atoms with Crippen molar-refractivity contribution in [2.75, 3.05) is 57.9 Å². The molecular formula is C22H33N5OS2. The van der Waals surface area contributed by atoms with Crippen LogP contribution in [-0.4, -0.2) is 69.9 Å². The van der Waals surface area contributed by atoms with Crippen molar-refractivity contribution >= 4 is 33.6 Å². The molecule has 2 aliphatic heterocycles. The third-order valence-corrected chi connectivity index (χ3v) is 7.95. The van der Waals surface area contributed by atoms with Gasteiger partial charge >= 0.3 is 0 Å². The topological polar surface area (TPSA) is 52.1 Å². The monoisotopic (exact) mass is 447 g/mol. The van der Waals surface area contributed by atoms with E-state index in [1.165, 1.54) is 14.8 Å². The first-order valence-electron chi connectivity index (χ1n) is 10.9. The van der Waals surface area contributed by atoms with Gasteiger partial charge in [-0.3, -0.25) is 9.89 Å². The first kappa shape index (κ1) is 21.6. The molecule has 2 saturated heterocycles. The third-order valence-electron chi connectivity index (χ3n) is 5.92. The minimum atomic E-state index is 0.354. The summed E-state index contributed by atoms with van der Waals surface area (Å²) in [5.41, 5.74) is 0. The Morgan fingerprint density at radius 1 is 1.20 bits per heavy atom. The number of aryl methyl sites for hydroxylation is 1. The van der Waals surface area contributed by atoms with Gasteiger partial charge in [-0.25, -0.2) is 0 Å². The maximum absolute atomic E-state index is 5.58. The van der Waals surface area contributed by atoms with Crippen molar-refractivity contribution in [1.29, 1.82) is 0 Å². The van der Waals surface area contributed by atoms with Gasteiger partial charge in [0.25, 0.3) is 0 Å². The van der Waals surface area contributed by atoms with Crippen LogP contribution in [0.2, 0.25) is 0 Å². The fraction of sp³-hybridized carbons (Fsp3) is 0.591. The summed E-state index contributed by atoms with van der Waals surface area (Å²) >= 11 is 3.73. The molecule has 0 amide bonds. The van der Waals surface area contributed by atoms with E-state index in [4.69, 9.17) is 4.74 Å². The van der Waals surface area contributed by atoms with Crippen LogP contribution < -0.4 is 15.5 Å². The van der Waals surface area contributed by atoms with Crippen molar-refractivity contribution in [3.63, 3.8) is 0 Å². The molecule has 1 atom stereocenters. The summed E-state index contributed by atoms with van der Waals surface area (Å²) in [5, 5.41) is 10.8. The predicted octanol–water partition coefficient (Wildman–Crippen LogP) is 3.33. The third kappa shape index (κ3) is 5.55. The Morgan fingerprint density at radius 3 is 2.63 bits per heavy atom. The van der Waals surface area contributed by atoms with E-state index in [2.05, 4.69) is 62.0 Å². The Kier molecular flexibility index (Phi) is 7.65. The Hall–Kier alpha value is -1.61. The largest absolute Gasteiger partial charge is 0.379 e. The van der Waals surface area contributed by atoms with Crippen molar-refractivity contribution in [2.45, 2.75) is 31.8 Å². The van der Waals surface area contributed by atoms with E-state index in [0.29, 0.717) is 12.1 Å². The van der Waals surface area contributed by atoms with E-state index in [1.807, 2.05) is 29.7 Å². The Morgan fingerprint density at radius 2 is 2.00 bits per heavy atom. The van der Waals surface area contributed by atoms with E-state index < -0.39 is 0 Å². The molecule has 2 aromatic rings. The second kappa shape index (κ2) is 10.6. The minimum Gasteiger partial charge on any atom is -0.379 e. The van der Waals surface area contributed by atoms with Crippen LogP contribution in [0.1, 0.15) is 28.6 Å². The molecule has 4 rings (SSSR count). The number of hydrogen-bond acceptors (Lipinski definition) is 6. The number of ether oxygens (including phenoxy) is 1. The molecular weight excluding hydrogens is 414 g/mol. The van der Waals surface area contributed by atoms with E-state index in [1.54, 1.807) is 0 Å². The molecule has 2 aromatic heterocycles. The average Bonchev–Trinajstić information content (AvgIpc) is 3.47. The lowest BCUT2D eigenvalue weighted by Crippen LogP contribution is -2.50. The summed E-state index contributed by atoms with van der Waals surface area (Å²) in [4.78, 5) is 12.3. The number of rotatable bonds is 6. The van der Waals surface area contributed by atoms with Crippen LogP contribution in [-0.2, 0) is 4.74 Å². The van der Waals surface area contributed by atoms with Crippen LogP contribution in [0, 0.1) is 6.92 Å². The molecule has 2 N–H and O–H groups in total. The molecule has 4 heterocycles. The Bertz CT molecular complexity index is 792. The quantitative estimate of drug-likeness (QED) is 0.526. The van der Waals surface area contributed by atoms with Crippen LogP contribution in [0.3, 0.4) is 0 Å². The van der Waals surface area contributed by atoms with Gasteiger partial charge in [0.1, 0.15) is 0 Å². The molecule has 6 nitrogen and oxygen atoms in total. The number of anilines is 1. The zero-order valence-electron chi connectivity index (χ0n) is 18.0. The molecule has 0 spiro atoms. The van der Waals surface area contributed by atoms with Crippen molar-refractivity contribution in [3.05, 3.63) is 39.4 Å². The first-order chi connectivity index (χ1) is 14.7. The first-order valence-corrected chi connectivity index (χ1v) is 12.6. The molecule has 30 heavy (non-hydrogen) atoms. The second-order valence-electron chi connectivity index (χ2n) is 7.92. The van der Waals surface area contributed by atoms with Gasteiger partial charge in [-0.1, -0.05) is 0 Å². The predicted molar refractivity (Wildman–Crippen MR) is 128 cm³/mol. The van der Waals surface area contributed by atoms with Gasteiger partial charge in [0.15, 0.2) is 5.96 Å². The zero-order chi connectivity index (χ0) is 20.8. The highest BCUT2D eigenvalue weighted by Crippen LogP contribution is 2.28. The number of thiophene rings is 2. The number of morpholine rings is 1. The molecule has 0 saturated carbocycles. The van der Waals surface area contributed by atoms with Gasteiger partial charge in [0.05, 0.1) is 24.3 Å². The maximum Gasteiger partial charge on any atom is 0.191 e. The normalized spacial score (nSPS) is 20.3. The molecule has 0 radical (unpaired) electrons. The van der Waals surface area contributed by atoms with Crippen LogP contribution in [0.25, 0.3) is 0 Å². The highest BCUT2D eigenvalue weighted by molar-refractivity contribution is 7.14. The minimum absolute atomic E-state index is 0.354. The molecule has 0 aliphatic carbocycles. The number of aliphatic imine (C=N–C) groups is 1. The Balaban J connectivity index is 1.31. The van der Waals surface area contributed by atoms with Crippen LogP contribution in [0.15, 0.2) is 34.6 Å². The maximum atomic E-state index is 5.58. The number of piperidine rings is 1. The van der Waals surface area contributed by atoms with Crippen molar-refractivity contribution in [3.8, 4) is 0 Å². The average molecular weight is 448 g/mol. The number of nitrogens with zero attached hydrogens (tertiary/aromatic N) is 3. The summed E-state index contributed by atoms with van der Waals surface area (Å²) in [6.45, 7) is 8.83.